The van der Waals surface area contributed by atoms with Crippen LogP contribution < -0.4 is 5.32 Å². The Morgan fingerprint density at radius 2 is 2.05 bits per heavy atom. The van der Waals surface area contributed by atoms with Gasteiger partial charge >= 0.3 is 12.0 Å². The smallest absolute Gasteiger partial charge is 0.321 e. The number of carboxylic acid groups (broad SMARTS) is 1. The summed E-state index contributed by atoms with van der Waals surface area (Å²) >= 11 is 0. The molecule has 0 saturated carbocycles. The first kappa shape index (κ1) is 14.8. The summed E-state index contributed by atoms with van der Waals surface area (Å²) in [7, 11) is 0. The summed E-state index contributed by atoms with van der Waals surface area (Å²) in [5.41, 5.74) is 0.419. The number of urea groups is 1. The molecule has 2 N–H and O–H groups in total. The molecule has 8 nitrogen and oxygen atoms in total. The number of aliphatic carboxylic acids is 1. The summed E-state index contributed by atoms with van der Waals surface area (Å²) < 4.78 is 0. The average molecular weight is 293 g/mol. The van der Waals surface area contributed by atoms with Crippen LogP contribution in [0, 0.1) is 16.0 Å². The molecule has 21 heavy (non-hydrogen) atoms. The van der Waals surface area contributed by atoms with Crippen LogP contribution in [-0.2, 0) is 4.79 Å². The van der Waals surface area contributed by atoms with E-state index in [0.717, 1.165) is 0 Å². The molecule has 0 radical (unpaired) electrons. The second kappa shape index (κ2) is 6.21. The summed E-state index contributed by atoms with van der Waals surface area (Å²) in [6, 6.07) is 5.22. The number of anilines is 1. The van der Waals surface area contributed by atoms with Gasteiger partial charge in [-0.1, -0.05) is 0 Å². The Labute approximate surface area is 120 Å². The lowest BCUT2D eigenvalue weighted by atomic mass is 10.1. The van der Waals surface area contributed by atoms with Crippen molar-refractivity contribution >= 4 is 23.4 Å². The lowest BCUT2D eigenvalue weighted by Crippen LogP contribution is -2.33. The van der Waals surface area contributed by atoms with Gasteiger partial charge in [-0.2, -0.15) is 0 Å². The highest BCUT2D eigenvalue weighted by Crippen LogP contribution is 2.21. The number of rotatable bonds is 4. The van der Waals surface area contributed by atoms with Gasteiger partial charge in [-0.15, -0.1) is 0 Å². The molecule has 1 aliphatic rings. The number of nitro groups is 1. The zero-order valence-electron chi connectivity index (χ0n) is 11.2. The Hall–Kier alpha value is -2.64. The van der Waals surface area contributed by atoms with Crippen molar-refractivity contribution in [3.8, 4) is 0 Å². The minimum absolute atomic E-state index is 0.0230. The van der Waals surface area contributed by atoms with Crippen molar-refractivity contribution in [2.45, 2.75) is 12.8 Å². The Kier molecular flexibility index (Phi) is 4.36. The van der Waals surface area contributed by atoms with E-state index in [1.165, 1.54) is 24.3 Å². The van der Waals surface area contributed by atoms with Gasteiger partial charge in [0.1, 0.15) is 0 Å². The number of non-ortho nitro benzene ring substituents is 1. The summed E-state index contributed by atoms with van der Waals surface area (Å²) in [6.07, 6.45) is 0.724. The molecular formula is C13H15N3O5. The molecule has 1 aromatic rings. The number of likely N-dealkylation sites (tertiary alicyclic amines) is 1. The van der Waals surface area contributed by atoms with Gasteiger partial charge in [0.25, 0.3) is 5.69 Å². The summed E-state index contributed by atoms with van der Waals surface area (Å²) in [6.45, 7) is 0.919. The number of carboxylic acids is 1. The highest BCUT2D eigenvalue weighted by atomic mass is 16.6. The van der Waals surface area contributed by atoms with Crippen LogP contribution in [0.15, 0.2) is 24.3 Å². The van der Waals surface area contributed by atoms with Crippen molar-refractivity contribution in [3.05, 3.63) is 34.4 Å². The maximum absolute atomic E-state index is 12.0. The van der Waals surface area contributed by atoms with Gasteiger partial charge in [0.15, 0.2) is 0 Å². The molecule has 0 spiro atoms. The lowest BCUT2D eigenvalue weighted by molar-refractivity contribution is -0.384. The van der Waals surface area contributed by atoms with E-state index < -0.39 is 10.9 Å². The number of carbonyl (C=O) groups excluding carboxylic acids is 1. The fourth-order valence-corrected chi connectivity index (χ4v) is 2.30. The van der Waals surface area contributed by atoms with E-state index in [4.69, 9.17) is 5.11 Å². The van der Waals surface area contributed by atoms with Crippen molar-refractivity contribution in [1.82, 2.24) is 4.90 Å². The lowest BCUT2D eigenvalue weighted by Gasteiger charge is -2.17. The predicted molar refractivity (Wildman–Crippen MR) is 74.0 cm³/mol. The number of nitrogens with zero attached hydrogens (tertiary/aromatic N) is 2. The molecule has 2 rings (SSSR count). The normalized spacial score (nSPS) is 17.5. The summed E-state index contributed by atoms with van der Waals surface area (Å²) in [4.78, 5) is 34.2. The highest BCUT2D eigenvalue weighted by molar-refractivity contribution is 5.89. The standard InChI is InChI=1S/C13H15N3O5/c17-12(18)7-9-5-6-15(8-9)13(19)14-10-1-3-11(4-2-10)16(20)21/h1-4,9H,5-8H2,(H,14,19)(H,17,18). The molecular weight excluding hydrogens is 278 g/mol. The van der Waals surface area contributed by atoms with Crippen LogP contribution in [-0.4, -0.2) is 40.0 Å². The van der Waals surface area contributed by atoms with Crippen LogP contribution >= 0.6 is 0 Å². The molecule has 1 aliphatic heterocycles. The molecule has 0 aromatic heterocycles. The van der Waals surface area contributed by atoms with Crippen LogP contribution in [0.25, 0.3) is 0 Å². The monoisotopic (exact) mass is 293 g/mol. The fraction of sp³-hybridized carbons (Fsp3) is 0.385. The second-order valence-corrected chi connectivity index (χ2v) is 4.93. The van der Waals surface area contributed by atoms with Gasteiger partial charge in [0.05, 0.1) is 4.92 Å². The molecule has 1 fully saturated rings. The Morgan fingerprint density at radius 3 is 2.62 bits per heavy atom. The largest absolute Gasteiger partial charge is 0.481 e. The molecule has 0 bridgehead atoms. The quantitative estimate of drug-likeness (QED) is 0.650. The third-order valence-electron chi connectivity index (χ3n) is 3.37. The van der Waals surface area contributed by atoms with Gasteiger partial charge in [-0.25, -0.2) is 4.79 Å². The molecule has 0 aliphatic carbocycles. The molecule has 2 amide bonds. The van der Waals surface area contributed by atoms with E-state index in [1.807, 2.05) is 0 Å². The van der Waals surface area contributed by atoms with Gasteiger partial charge in [-0.05, 0) is 24.5 Å². The van der Waals surface area contributed by atoms with E-state index in [0.29, 0.717) is 25.2 Å². The second-order valence-electron chi connectivity index (χ2n) is 4.93. The number of hydrogen-bond donors (Lipinski definition) is 2. The van der Waals surface area contributed by atoms with Crippen molar-refractivity contribution < 1.29 is 19.6 Å². The molecule has 1 atom stereocenters. The first-order valence-corrected chi connectivity index (χ1v) is 6.48. The third-order valence-corrected chi connectivity index (χ3v) is 3.37. The molecule has 1 unspecified atom stereocenters. The zero-order valence-corrected chi connectivity index (χ0v) is 11.2. The van der Waals surface area contributed by atoms with E-state index >= 15 is 0 Å². The summed E-state index contributed by atoms with van der Waals surface area (Å²) in [5, 5.41) is 21.9. The average Bonchev–Trinajstić information content (AvgIpc) is 2.87. The highest BCUT2D eigenvalue weighted by Gasteiger charge is 2.27. The molecule has 1 aromatic carbocycles. The van der Waals surface area contributed by atoms with E-state index in [-0.39, 0.29) is 24.1 Å². The number of hydrogen-bond acceptors (Lipinski definition) is 4. The maximum atomic E-state index is 12.0. The fourth-order valence-electron chi connectivity index (χ4n) is 2.30. The van der Waals surface area contributed by atoms with Gasteiger partial charge in [0, 0.05) is 37.3 Å². The Balaban J connectivity index is 1.90. The molecule has 8 heteroatoms. The number of nitro benzene ring substituents is 1. The number of benzene rings is 1. The van der Waals surface area contributed by atoms with Crippen molar-refractivity contribution in [1.29, 1.82) is 0 Å². The maximum Gasteiger partial charge on any atom is 0.321 e. The minimum atomic E-state index is -0.863. The van der Waals surface area contributed by atoms with Gasteiger partial charge < -0.3 is 15.3 Å². The zero-order chi connectivity index (χ0) is 15.4. The van der Waals surface area contributed by atoms with Crippen LogP contribution in [0.5, 0.6) is 0 Å². The molecule has 1 heterocycles. The van der Waals surface area contributed by atoms with E-state index in [1.54, 1.807) is 4.90 Å². The first-order chi connectivity index (χ1) is 9.95. The topological polar surface area (TPSA) is 113 Å². The Morgan fingerprint density at radius 1 is 1.38 bits per heavy atom. The third kappa shape index (κ3) is 3.91. The predicted octanol–water partition coefficient (Wildman–Crippen LogP) is 1.92. The number of amides is 2. The van der Waals surface area contributed by atoms with Crippen LogP contribution in [0.2, 0.25) is 0 Å². The first-order valence-electron chi connectivity index (χ1n) is 6.48. The molecule has 112 valence electrons. The van der Waals surface area contributed by atoms with Crippen molar-refractivity contribution in [2.75, 3.05) is 18.4 Å². The SMILES string of the molecule is O=C(O)CC1CCN(C(=O)Nc2ccc([N+](=O)[O-])cc2)C1. The van der Waals surface area contributed by atoms with E-state index in [9.17, 15) is 19.7 Å². The van der Waals surface area contributed by atoms with Crippen LogP contribution in [0.4, 0.5) is 16.2 Å². The molecule has 1 saturated heterocycles. The van der Waals surface area contributed by atoms with Crippen LogP contribution in [0.3, 0.4) is 0 Å². The van der Waals surface area contributed by atoms with Crippen LogP contribution in [0.1, 0.15) is 12.8 Å². The minimum Gasteiger partial charge on any atom is -0.481 e. The van der Waals surface area contributed by atoms with Gasteiger partial charge in [0.2, 0.25) is 0 Å². The van der Waals surface area contributed by atoms with Gasteiger partial charge in [-0.3, -0.25) is 14.9 Å². The van der Waals surface area contributed by atoms with E-state index in [2.05, 4.69) is 5.32 Å². The number of nitrogens with one attached hydrogen (secondary N) is 1. The summed E-state index contributed by atoms with van der Waals surface area (Å²) in [5.74, 6) is -0.886. The number of carbonyl (C=O) groups is 2. The van der Waals surface area contributed by atoms with Crippen molar-refractivity contribution in [2.24, 2.45) is 5.92 Å². The Bertz CT molecular complexity index is 557. The van der Waals surface area contributed by atoms with Crippen molar-refractivity contribution in [3.63, 3.8) is 0 Å².